The van der Waals surface area contributed by atoms with Crippen molar-refractivity contribution in [2.45, 2.75) is 26.3 Å². The fourth-order valence-electron chi connectivity index (χ4n) is 2.56. The van der Waals surface area contributed by atoms with E-state index in [0.29, 0.717) is 11.7 Å². The normalized spacial score (nSPS) is 15.4. The van der Waals surface area contributed by atoms with Crippen LogP contribution in [0.25, 0.3) is 0 Å². The van der Waals surface area contributed by atoms with Gasteiger partial charge in [-0.15, -0.1) is 10.2 Å². The van der Waals surface area contributed by atoms with E-state index in [0.717, 1.165) is 22.6 Å². The first-order chi connectivity index (χ1) is 12.1. The molecule has 1 atom stereocenters. The smallest absolute Gasteiger partial charge is 0.341 e. The van der Waals surface area contributed by atoms with Gasteiger partial charge in [-0.1, -0.05) is 67.6 Å². The molecule has 0 fully saturated rings. The monoisotopic (exact) mass is 335 g/mol. The van der Waals surface area contributed by atoms with Gasteiger partial charge in [0.2, 0.25) is 0 Å². The number of nitrogens with two attached hydrogens (primary N) is 1. The van der Waals surface area contributed by atoms with Gasteiger partial charge in [-0.25, -0.2) is 9.80 Å². The summed E-state index contributed by atoms with van der Waals surface area (Å²) in [6, 6.07) is 18.6. The lowest BCUT2D eigenvalue weighted by atomic mass is 10.1. The Hall–Kier alpha value is -3.15. The van der Waals surface area contributed by atoms with Crippen molar-refractivity contribution in [1.82, 2.24) is 10.0 Å². The Balaban J connectivity index is 2.12. The number of rotatable bonds is 4. The van der Waals surface area contributed by atoms with Crippen molar-refractivity contribution < 1.29 is 4.79 Å². The van der Waals surface area contributed by atoms with Crippen LogP contribution in [0.5, 0.6) is 0 Å². The van der Waals surface area contributed by atoms with Crippen molar-refractivity contribution >= 4 is 17.7 Å². The van der Waals surface area contributed by atoms with Crippen LogP contribution in [0, 0.1) is 0 Å². The number of carbonyl (C=O) groups is 1. The van der Waals surface area contributed by atoms with Gasteiger partial charge in [-0.3, -0.25) is 0 Å². The van der Waals surface area contributed by atoms with E-state index < -0.39 is 6.03 Å². The fraction of sp³-hybridized carbons (Fsp3) is 0.211. The summed E-state index contributed by atoms with van der Waals surface area (Å²) < 4.78 is 0. The number of hydrazone groups is 2. The lowest BCUT2D eigenvalue weighted by Gasteiger charge is -2.33. The van der Waals surface area contributed by atoms with Gasteiger partial charge in [0, 0.05) is 11.1 Å². The number of amidine groups is 2. The zero-order chi connectivity index (χ0) is 17.8. The highest BCUT2D eigenvalue weighted by Gasteiger charge is 2.30. The Morgan fingerprint density at radius 1 is 0.960 bits per heavy atom. The standard InChI is InChI=1S/C19H21N5O/c1-3-14(2)23-17(15-10-6-4-7-11-15)22-24(19(20)25)18(21-23)16-12-8-5-9-13-16/h4-14H,3H2,1-2H3,(H2,20,25). The molecule has 6 nitrogen and oxygen atoms in total. The molecule has 0 radical (unpaired) electrons. The third-order valence-electron chi connectivity index (χ3n) is 4.10. The van der Waals surface area contributed by atoms with E-state index in [2.05, 4.69) is 18.9 Å². The summed E-state index contributed by atoms with van der Waals surface area (Å²) in [6.07, 6.45) is 0.883. The summed E-state index contributed by atoms with van der Waals surface area (Å²) in [5.41, 5.74) is 7.23. The van der Waals surface area contributed by atoms with Crippen LogP contribution >= 0.6 is 0 Å². The van der Waals surface area contributed by atoms with Gasteiger partial charge in [0.1, 0.15) is 0 Å². The third kappa shape index (κ3) is 3.38. The van der Waals surface area contributed by atoms with Crippen LogP contribution in [-0.4, -0.2) is 33.8 Å². The Bertz CT molecular complexity index is 801. The molecule has 25 heavy (non-hydrogen) atoms. The van der Waals surface area contributed by atoms with Crippen LogP contribution in [0.4, 0.5) is 4.79 Å². The number of hydrogen-bond acceptors (Lipinski definition) is 4. The number of urea groups is 1. The minimum absolute atomic E-state index is 0.118. The number of amides is 2. The average Bonchev–Trinajstić information content (AvgIpc) is 2.67. The van der Waals surface area contributed by atoms with E-state index in [9.17, 15) is 4.79 Å². The predicted octanol–water partition coefficient (Wildman–Crippen LogP) is 3.20. The molecule has 2 aromatic rings. The van der Waals surface area contributed by atoms with E-state index in [1.54, 1.807) is 0 Å². The highest BCUT2D eigenvalue weighted by atomic mass is 16.2. The molecule has 3 rings (SSSR count). The molecule has 0 saturated carbocycles. The largest absolute Gasteiger partial charge is 0.350 e. The van der Waals surface area contributed by atoms with E-state index in [4.69, 9.17) is 10.8 Å². The molecule has 1 heterocycles. The van der Waals surface area contributed by atoms with Crippen molar-refractivity contribution in [3.8, 4) is 0 Å². The zero-order valence-corrected chi connectivity index (χ0v) is 14.3. The summed E-state index contributed by atoms with van der Waals surface area (Å²) in [7, 11) is 0. The number of primary amides is 1. The van der Waals surface area contributed by atoms with Crippen molar-refractivity contribution in [3.05, 3.63) is 71.8 Å². The van der Waals surface area contributed by atoms with Gasteiger partial charge in [0.25, 0.3) is 0 Å². The molecular formula is C19H21N5O. The molecule has 1 aliphatic heterocycles. The highest BCUT2D eigenvalue weighted by molar-refractivity contribution is 6.11. The summed E-state index contributed by atoms with van der Waals surface area (Å²) in [5.74, 6) is 1.03. The molecule has 0 aliphatic carbocycles. The van der Waals surface area contributed by atoms with Gasteiger partial charge in [0.15, 0.2) is 11.7 Å². The lowest BCUT2D eigenvalue weighted by Crippen LogP contribution is -2.47. The quantitative estimate of drug-likeness (QED) is 0.931. The lowest BCUT2D eigenvalue weighted by molar-refractivity contribution is 0.225. The van der Waals surface area contributed by atoms with Crippen LogP contribution in [0.15, 0.2) is 70.9 Å². The van der Waals surface area contributed by atoms with Crippen molar-refractivity contribution in [1.29, 1.82) is 0 Å². The number of carbonyl (C=O) groups excluding carboxylic acids is 1. The molecule has 0 spiro atoms. The molecule has 0 aromatic heterocycles. The SMILES string of the molecule is CCC(C)N1N=C(c2ccccc2)N(C(N)=O)N=C1c1ccccc1. The second kappa shape index (κ2) is 7.17. The molecule has 1 unspecified atom stereocenters. The van der Waals surface area contributed by atoms with Crippen molar-refractivity contribution in [2.24, 2.45) is 15.9 Å². The first-order valence-corrected chi connectivity index (χ1v) is 8.28. The Morgan fingerprint density at radius 3 is 1.96 bits per heavy atom. The number of hydrogen-bond donors (Lipinski definition) is 1. The number of nitrogens with zero attached hydrogens (tertiary/aromatic N) is 4. The van der Waals surface area contributed by atoms with E-state index >= 15 is 0 Å². The molecule has 0 saturated heterocycles. The van der Waals surface area contributed by atoms with Gasteiger partial charge in [0.05, 0.1) is 6.04 Å². The first kappa shape index (κ1) is 16.7. The minimum Gasteiger partial charge on any atom is -0.350 e. The first-order valence-electron chi connectivity index (χ1n) is 8.28. The molecular weight excluding hydrogens is 314 g/mol. The summed E-state index contributed by atoms with van der Waals surface area (Å²) in [6.45, 7) is 4.16. The second-order valence-corrected chi connectivity index (χ2v) is 5.83. The van der Waals surface area contributed by atoms with Gasteiger partial charge >= 0.3 is 6.03 Å². The highest BCUT2D eigenvalue weighted by Crippen LogP contribution is 2.20. The molecule has 6 heteroatoms. The van der Waals surface area contributed by atoms with Crippen LogP contribution in [0.1, 0.15) is 31.4 Å². The van der Waals surface area contributed by atoms with Gasteiger partial charge < -0.3 is 5.73 Å². The molecule has 128 valence electrons. The van der Waals surface area contributed by atoms with E-state index in [1.165, 1.54) is 0 Å². The Morgan fingerprint density at radius 2 is 1.48 bits per heavy atom. The fourth-order valence-corrected chi connectivity index (χ4v) is 2.56. The van der Waals surface area contributed by atoms with Crippen LogP contribution < -0.4 is 5.73 Å². The maximum absolute atomic E-state index is 12.0. The Kier molecular flexibility index (Phi) is 4.79. The van der Waals surface area contributed by atoms with Crippen LogP contribution in [0.2, 0.25) is 0 Å². The molecule has 1 aliphatic rings. The molecule has 0 bridgehead atoms. The summed E-state index contributed by atoms with van der Waals surface area (Å²) in [4.78, 5) is 12.0. The maximum atomic E-state index is 12.0. The Labute approximate surface area is 147 Å². The third-order valence-corrected chi connectivity index (χ3v) is 4.10. The topological polar surface area (TPSA) is 74.3 Å². The zero-order valence-electron chi connectivity index (χ0n) is 14.3. The second-order valence-electron chi connectivity index (χ2n) is 5.83. The summed E-state index contributed by atoms with van der Waals surface area (Å²) in [5, 5.41) is 12.3. The molecule has 2 aromatic carbocycles. The maximum Gasteiger partial charge on any atom is 0.341 e. The number of benzene rings is 2. The summed E-state index contributed by atoms with van der Waals surface area (Å²) >= 11 is 0. The average molecular weight is 335 g/mol. The van der Waals surface area contributed by atoms with E-state index in [1.807, 2.05) is 65.7 Å². The van der Waals surface area contributed by atoms with Gasteiger partial charge in [-0.2, -0.15) is 5.01 Å². The molecule has 2 amide bonds. The van der Waals surface area contributed by atoms with Crippen LogP contribution in [-0.2, 0) is 0 Å². The minimum atomic E-state index is -0.667. The predicted molar refractivity (Wildman–Crippen MR) is 99.0 cm³/mol. The van der Waals surface area contributed by atoms with Crippen molar-refractivity contribution in [2.75, 3.05) is 0 Å². The van der Waals surface area contributed by atoms with Crippen LogP contribution in [0.3, 0.4) is 0 Å². The van der Waals surface area contributed by atoms with Crippen molar-refractivity contribution in [3.63, 3.8) is 0 Å². The molecule has 2 N–H and O–H groups in total. The van der Waals surface area contributed by atoms with E-state index in [-0.39, 0.29) is 6.04 Å². The van der Waals surface area contributed by atoms with Gasteiger partial charge in [-0.05, 0) is 13.3 Å².